The summed E-state index contributed by atoms with van der Waals surface area (Å²) in [5.41, 5.74) is 0. The van der Waals surface area contributed by atoms with Crippen LogP contribution in [-0.4, -0.2) is 32.0 Å². The van der Waals surface area contributed by atoms with Gasteiger partial charge in [-0.1, -0.05) is 40.1 Å². The normalized spacial score (nSPS) is 12.0. The maximum atomic E-state index is 10.7. The van der Waals surface area contributed by atoms with Crippen molar-refractivity contribution in [1.82, 2.24) is 9.97 Å². The number of aliphatic carboxylic acids is 1. The Bertz CT molecular complexity index is 632. The molecule has 0 radical (unpaired) electrons. The standard InChI is InChI=1S/C18H22N2O2S4/c21-18(22)10-2-1-7-15(24-26-17-9-4-6-13-20-17)11-14-23-25-16-8-3-5-12-19-16/h3-6,8-9,12-13,15H,1-2,7,10-11,14H2,(H,21,22). The van der Waals surface area contributed by atoms with E-state index in [0.717, 1.165) is 41.5 Å². The van der Waals surface area contributed by atoms with Crippen molar-refractivity contribution in [3.63, 3.8) is 0 Å². The molecule has 2 heterocycles. The van der Waals surface area contributed by atoms with E-state index in [4.69, 9.17) is 5.11 Å². The van der Waals surface area contributed by atoms with Crippen LogP contribution < -0.4 is 0 Å². The molecule has 1 N–H and O–H groups in total. The Labute approximate surface area is 170 Å². The summed E-state index contributed by atoms with van der Waals surface area (Å²) in [6, 6.07) is 11.9. The highest BCUT2D eigenvalue weighted by Crippen LogP contribution is 2.38. The van der Waals surface area contributed by atoms with Crippen LogP contribution >= 0.6 is 43.2 Å². The van der Waals surface area contributed by atoms with Crippen molar-refractivity contribution in [2.24, 2.45) is 0 Å². The minimum absolute atomic E-state index is 0.259. The smallest absolute Gasteiger partial charge is 0.303 e. The molecule has 26 heavy (non-hydrogen) atoms. The summed E-state index contributed by atoms with van der Waals surface area (Å²) in [5, 5.41) is 11.3. The third-order valence-corrected chi connectivity index (χ3v) is 8.55. The van der Waals surface area contributed by atoms with E-state index in [9.17, 15) is 4.79 Å². The van der Waals surface area contributed by atoms with Gasteiger partial charge in [-0.25, -0.2) is 9.97 Å². The number of carboxylic acid groups (broad SMARTS) is 1. The van der Waals surface area contributed by atoms with Crippen molar-refractivity contribution in [3.8, 4) is 0 Å². The number of hydrogen-bond acceptors (Lipinski definition) is 7. The van der Waals surface area contributed by atoms with Gasteiger partial charge in [-0.15, -0.1) is 0 Å². The molecular weight excluding hydrogens is 404 g/mol. The van der Waals surface area contributed by atoms with E-state index in [0.29, 0.717) is 5.25 Å². The zero-order valence-electron chi connectivity index (χ0n) is 14.3. The van der Waals surface area contributed by atoms with Crippen LogP contribution in [0.3, 0.4) is 0 Å². The van der Waals surface area contributed by atoms with Gasteiger partial charge in [0.15, 0.2) is 0 Å². The first-order valence-electron chi connectivity index (χ1n) is 8.40. The van der Waals surface area contributed by atoms with Gasteiger partial charge in [-0.2, -0.15) is 0 Å². The third-order valence-electron chi connectivity index (χ3n) is 3.38. The molecule has 0 amide bonds. The largest absolute Gasteiger partial charge is 0.481 e. The number of carbonyl (C=O) groups is 1. The van der Waals surface area contributed by atoms with Crippen molar-refractivity contribution < 1.29 is 9.90 Å². The fourth-order valence-corrected chi connectivity index (χ4v) is 6.78. The van der Waals surface area contributed by atoms with Gasteiger partial charge in [0.05, 0.1) is 0 Å². The molecule has 8 heteroatoms. The zero-order valence-corrected chi connectivity index (χ0v) is 17.6. The van der Waals surface area contributed by atoms with E-state index in [-0.39, 0.29) is 6.42 Å². The van der Waals surface area contributed by atoms with Gasteiger partial charge in [-0.3, -0.25) is 4.79 Å². The van der Waals surface area contributed by atoms with E-state index in [2.05, 4.69) is 9.97 Å². The van der Waals surface area contributed by atoms with Crippen molar-refractivity contribution in [1.29, 1.82) is 0 Å². The molecule has 0 aliphatic heterocycles. The van der Waals surface area contributed by atoms with Crippen LogP contribution in [0.25, 0.3) is 0 Å². The highest BCUT2D eigenvalue weighted by molar-refractivity contribution is 8.77. The summed E-state index contributed by atoms with van der Waals surface area (Å²) < 4.78 is 0. The maximum Gasteiger partial charge on any atom is 0.303 e. The average molecular weight is 427 g/mol. The van der Waals surface area contributed by atoms with Crippen LogP contribution in [0.15, 0.2) is 58.8 Å². The van der Waals surface area contributed by atoms with Crippen LogP contribution in [0.4, 0.5) is 0 Å². The molecule has 1 unspecified atom stereocenters. The van der Waals surface area contributed by atoms with Gasteiger partial charge in [0.1, 0.15) is 10.1 Å². The summed E-state index contributed by atoms with van der Waals surface area (Å²) in [7, 11) is 7.09. The average Bonchev–Trinajstić information content (AvgIpc) is 2.67. The number of aromatic nitrogens is 2. The van der Waals surface area contributed by atoms with Crippen molar-refractivity contribution in [2.75, 3.05) is 5.75 Å². The predicted octanol–water partition coefficient (Wildman–Crippen LogP) is 6.06. The van der Waals surface area contributed by atoms with E-state index in [1.54, 1.807) is 21.6 Å². The molecule has 2 aromatic rings. The second-order valence-electron chi connectivity index (χ2n) is 5.47. The number of nitrogens with zero attached hydrogens (tertiary/aromatic N) is 2. The molecule has 0 aliphatic carbocycles. The first-order chi connectivity index (χ1) is 12.7. The second-order valence-corrected chi connectivity index (χ2v) is 10.4. The van der Waals surface area contributed by atoms with Gasteiger partial charge in [0.25, 0.3) is 0 Å². The molecule has 0 saturated heterocycles. The van der Waals surface area contributed by atoms with Crippen molar-refractivity contribution in [2.45, 2.75) is 47.4 Å². The lowest BCUT2D eigenvalue weighted by atomic mass is 10.1. The number of carboxylic acids is 1. The van der Waals surface area contributed by atoms with Crippen LogP contribution in [0.5, 0.6) is 0 Å². The topological polar surface area (TPSA) is 63.1 Å². The molecule has 1 atom stereocenters. The van der Waals surface area contributed by atoms with Gasteiger partial charge in [0.2, 0.25) is 0 Å². The zero-order chi connectivity index (χ0) is 18.5. The predicted molar refractivity (Wildman–Crippen MR) is 115 cm³/mol. The van der Waals surface area contributed by atoms with Gasteiger partial charge < -0.3 is 5.11 Å². The van der Waals surface area contributed by atoms with Crippen molar-refractivity contribution >= 4 is 49.1 Å². The Morgan fingerprint density at radius 2 is 1.65 bits per heavy atom. The van der Waals surface area contributed by atoms with E-state index < -0.39 is 5.97 Å². The Hall–Kier alpha value is -0.830. The molecule has 0 aliphatic rings. The summed E-state index contributed by atoms with van der Waals surface area (Å²) >= 11 is 0. The van der Waals surface area contributed by atoms with E-state index in [1.807, 2.05) is 70.4 Å². The number of hydrogen-bond donors (Lipinski definition) is 1. The first kappa shape index (κ1) is 21.5. The number of unbranched alkanes of at least 4 members (excludes halogenated alkanes) is 1. The lowest BCUT2D eigenvalue weighted by Crippen LogP contribution is -2.04. The molecule has 0 spiro atoms. The molecule has 2 rings (SSSR count). The van der Waals surface area contributed by atoms with E-state index >= 15 is 0 Å². The Balaban J connectivity index is 1.72. The molecule has 4 nitrogen and oxygen atoms in total. The third kappa shape index (κ3) is 9.75. The van der Waals surface area contributed by atoms with Crippen LogP contribution in [0, 0.1) is 0 Å². The highest BCUT2D eigenvalue weighted by atomic mass is 33.1. The Morgan fingerprint density at radius 1 is 0.962 bits per heavy atom. The monoisotopic (exact) mass is 426 g/mol. The van der Waals surface area contributed by atoms with Gasteiger partial charge in [0, 0.05) is 29.8 Å². The molecule has 0 fully saturated rings. The lowest BCUT2D eigenvalue weighted by Gasteiger charge is -2.15. The maximum absolute atomic E-state index is 10.7. The number of pyridine rings is 2. The fraction of sp³-hybridized carbons (Fsp3) is 0.389. The molecular formula is C18H22N2O2S4. The Kier molecular flexibility index (Phi) is 11.0. The Morgan fingerprint density at radius 3 is 2.27 bits per heavy atom. The van der Waals surface area contributed by atoms with Gasteiger partial charge >= 0.3 is 5.97 Å². The summed E-state index contributed by atoms with van der Waals surface area (Å²) in [6.45, 7) is 0. The SMILES string of the molecule is O=C(O)CCCCC(CCSSc1ccccn1)SSc1ccccn1. The van der Waals surface area contributed by atoms with Crippen LogP contribution in [0.2, 0.25) is 0 Å². The molecule has 0 aromatic carbocycles. The fourth-order valence-electron chi connectivity index (χ4n) is 2.08. The summed E-state index contributed by atoms with van der Waals surface area (Å²) in [4.78, 5) is 19.3. The van der Waals surface area contributed by atoms with Gasteiger partial charge in [-0.05, 0) is 65.1 Å². The quantitative estimate of drug-likeness (QED) is 0.306. The first-order valence-corrected chi connectivity index (χ1v) is 12.9. The second kappa shape index (κ2) is 13.4. The molecule has 0 saturated carbocycles. The highest BCUT2D eigenvalue weighted by Gasteiger charge is 2.12. The van der Waals surface area contributed by atoms with E-state index in [1.165, 1.54) is 0 Å². The molecule has 0 bridgehead atoms. The van der Waals surface area contributed by atoms with Crippen LogP contribution in [-0.2, 0) is 4.79 Å². The lowest BCUT2D eigenvalue weighted by molar-refractivity contribution is -0.137. The van der Waals surface area contributed by atoms with Crippen LogP contribution in [0.1, 0.15) is 32.1 Å². The minimum atomic E-state index is -0.709. The van der Waals surface area contributed by atoms with Crippen molar-refractivity contribution in [3.05, 3.63) is 48.8 Å². The minimum Gasteiger partial charge on any atom is -0.481 e. The molecule has 2 aromatic heterocycles. The summed E-state index contributed by atoms with van der Waals surface area (Å²) in [6.07, 6.45) is 7.70. The molecule has 140 valence electrons. The number of rotatable bonds is 13. The summed E-state index contributed by atoms with van der Waals surface area (Å²) in [5.74, 6) is 0.333.